The van der Waals surface area contributed by atoms with Crippen molar-refractivity contribution in [2.75, 3.05) is 5.32 Å². The molecule has 0 saturated carbocycles. The molecule has 0 fully saturated rings. The third kappa shape index (κ3) is 5.90. The van der Waals surface area contributed by atoms with Crippen molar-refractivity contribution >= 4 is 17.7 Å². The van der Waals surface area contributed by atoms with Gasteiger partial charge in [0.25, 0.3) is 0 Å². The molecule has 0 spiro atoms. The zero-order valence-corrected chi connectivity index (χ0v) is 11.3. The zero-order valence-electron chi connectivity index (χ0n) is 11.3. The third-order valence-electron chi connectivity index (χ3n) is 2.70. The van der Waals surface area contributed by atoms with E-state index in [4.69, 9.17) is 5.11 Å². The summed E-state index contributed by atoms with van der Waals surface area (Å²) in [5.41, 5.74) is 1.80. The fourth-order valence-electron chi connectivity index (χ4n) is 1.77. The number of urea groups is 1. The minimum atomic E-state index is -0.908. The Bertz CT molecular complexity index is 429. The van der Waals surface area contributed by atoms with Gasteiger partial charge >= 0.3 is 12.0 Å². The van der Waals surface area contributed by atoms with E-state index in [1.54, 1.807) is 12.1 Å². The number of carboxylic acids is 1. The summed E-state index contributed by atoms with van der Waals surface area (Å²) in [5.74, 6) is -0.908. The summed E-state index contributed by atoms with van der Waals surface area (Å²) >= 11 is 0. The highest BCUT2D eigenvalue weighted by Gasteiger charge is 2.14. The maximum Gasteiger partial charge on any atom is 0.319 e. The lowest BCUT2D eigenvalue weighted by Gasteiger charge is -2.16. The van der Waals surface area contributed by atoms with Gasteiger partial charge in [0, 0.05) is 11.7 Å². The molecule has 2 amide bonds. The van der Waals surface area contributed by atoms with Crippen molar-refractivity contribution in [2.45, 2.75) is 39.2 Å². The van der Waals surface area contributed by atoms with E-state index >= 15 is 0 Å². The molecule has 0 bridgehead atoms. The summed E-state index contributed by atoms with van der Waals surface area (Å²) in [4.78, 5) is 22.4. The SMILES string of the molecule is CCCC(CC(=O)O)NC(=O)Nc1ccc(C)cc1. The Hall–Kier alpha value is -2.04. The van der Waals surface area contributed by atoms with Crippen LogP contribution >= 0.6 is 0 Å². The minimum Gasteiger partial charge on any atom is -0.481 e. The normalized spacial score (nSPS) is 11.7. The van der Waals surface area contributed by atoms with Gasteiger partial charge < -0.3 is 15.7 Å². The lowest BCUT2D eigenvalue weighted by atomic mass is 10.1. The molecule has 1 unspecified atom stereocenters. The Balaban J connectivity index is 2.52. The van der Waals surface area contributed by atoms with E-state index in [1.807, 2.05) is 26.0 Å². The van der Waals surface area contributed by atoms with Crippen molar-refractivity contribution in [1.29, 1.82) is 0 Å². The van der Waals surface area contributed by atoms with E-state index < -0.39 is 5.97 Å². The lowest BCUT2D eigenvalue weighted by Crippen LogP contribution is -2.39. The Labute approximate surface area is 113 Å². The number of hydrogen-bond donors (Lipinski definition) is 3. The maximum atomic E-state index is 11.7. The quantitative estimate of drug-likeness (QED) is 0.739. The van der Waals surface area contributed by atoms with Crippen molar-refractivity contribution in [1.82, 2.24) is 5.32 Å². The first-order valence-electron chi connectivity index (χ1n) is 6.37. The molecule has 1 aromatic rings. The lowest BCUT2D eigenvalue weighted by molar-refractivity contribution is -0.137. The first-order chi connectivity index (χ1) is 9.01. The van der Waals surface area contributed by atoms with Crippen LogP contribution in [0.2, 0.25) is 0 Å². The highest BCUT2D eigenvalue weighted by molar-refractivity contribution is 5.89. The standard InChI is InChI=1S/C14H20N2O3/c1-3-4-12(9-13(17)18)16-14(19)15-11-7-5-10(2)6-8-11/h5-8,12H,3-4,9H2,1-2H3,(H,17,18)(H2,15,16,19). The van der Waals surface area contributed by atoms with Crippen LogP contribution in [0, 0.1) is 6.92 Å². The smallest absolute Gasteiger partial charge is 0.319 e. The molecule has 3 N–H and O–H groups in total. The van der Waals surface area contributed by atoms with Crippen LogP contribution < -0.4 is 10.6 Å². The Morgan fingerprint density at radius 1 is 1.26 bits per heavy atom. The van der Waals surface area contributed by atoms with Crippen LogP contribution in [0.3, 0.4) is 0 Å². The van der Waals surface area contributed by atoms with Crippen LogP contribution in [0.5, 0.6) is 0 Å². The van der Waals surface area contributed by atoms with Gasteiger partial charge in [-0.25, -0.2) is 4.79 Å². The number of aryl methyl sites for hydroxylation is 1. The fraction of sp³-hybridized carbons (Fsp3) is 0.429. The van der Waals surface area contributed by atoms with Gasteiger partial charge in [-0.05, 0) is 25.5 Å². The number of hydrogen-bond acceptors (Lipinski definition) is 2. The Kier molecular flexibility index (Phi) is 5.85. The number of nitrogens with one attached hydrogen (secondary N) is 2. The molecule has 0 heterocycles. The molecule has 1 atom stereocenters. The predicted molar refractivity (Wildman–Crippen MR) is 74.3 cm³/mol. The van der Waals surface area contributed by atoms with Gasteiger partial charge in [0.1, 0.15) is 0 Å². The molecule has 5 nitrogen and oxygen atoms in total. The van der Waals surface area contributed by atoms with Crippen LogP contribution in [0.25, 0.3) is 0 Å². The molecule has 19 heavy (non-hydrogen) atoms. The molecule has 1 aromatic carbocycles. The second kappa shape index (κ2) is 7.41. The topological polar surface area (TPSA) is 78.4 Å². The van der Waals surface area contributed by atoms with Crippen LogP contribution in [-0.2, 0) is 4.79 Å². The first-order valence-corrected chi connectivity index (χ1v) is 6.37. The van der Waals surface area contributed by atoms with Gasteiger partial charge in [0.15, 0.2) is 0 Å². The number of aliphatic carboxylic acids is 1. The molecular formula is C14H20N2O3. The van der Waals surface area contributed by atoms with Crippen molar-refractivity contribution in [3.8, 4) is 0 Å². The van der Waals surface area contributed by atoms with Crippen molar-refractivity contribution < 1.29 is 14.7 Å². The van der Waals surface area contributed by atoms with Crippen molar-refractivity contribution in [3.05, 3.63) is 29.8 Å². The van der Waals surface area contributed by atoms with Gasteiger partial charge in [-0.15, -0.1) is 0 Å². The van der Waals surface area contributed by atoms with E-state index in [-0.39, 0.29) is 18.5 Å². The zero-order chi connectivity index (χ0) is 14.3. The van der Waals surface area contributed by atoms with Gasteiger partial charge in [0.05, 0.1) is 6.42 Å². The van der Waals surface area contributed by atoms with Gasteiger partial charge in [0.2, 0.25) is 0 Å². The highest BCUT2D eigenvalue weighted by atomic mass is 16.4. The van der Waals surface area contributed by atoms with E-state index in [0.29, 0.717) is 12.1 Å². The average Bonchev–Trinajstić information content (AvgIpc) is 2.31. The van der Waals surface area contributed by atoms with Gasteiger partial charge in [-0.3, -0.25) is 4.79 Å². The van der Waals surface area contributed by atoms with Crippen LogP contribution in [0.1, 0.15) is 31.7 Å². The first kappa shape index (κ1) is 15.0. The largest absolute Gasteiger partial charge is 0.481 e. The summed E-state index contributed by atoms with van der Waals surface area (Å²) in [5, 5.41) is 14.1. The predicted octanol–water partition coefficient (Wildman–Crippen LogP) is 2.76. The summed E-state index contributed by atoms with van der Waals surface area (Å²) in [6.45, 7) is 3.92. The Morgan fingerprint density at radius 2 is 1.89 bits per heavy atom. The number of benzene rings is 1. The summed E-state index contributed by atoms with van der Waals surface area (Å²) in [6.07, 6.45) is 1.41. The summed E-state index contributed by atoms with van der Waals surface area (Å²) < 4.78 is 0. The van der Waals surface area contributed by atoms with E-state index in [1.165, 1.54) is 0 Å². The number of anilines is 1. The van der Waals surface area contributed by atoms with E-state index in [2.05, 4.69) is 10.6 Å². The van der Waals surface area contributed by atoms with Crippen LogP contribution in [-0.4, -0.2) is 23.1 Å². The van der Waals surface area contributed by atoms with Crippen LogP contribution in [0.4, 0.5) is 10.5 Å². The minimum absolute atomic E-state index is 0.0604. The number of carbonyl (C=O) groups excluding carboxylic acids is 1. The van der Waals surface area contributed by atoms with Crippen molar-refractivity contribution in [3.63, 3.8) is 0 Å². The molecule has 0 aliphatic heterocycles. The number of amides is 2. The monoisotopic (exact) mass is 264 g/mol. The third-order valence-corrected chi connectivity index (χ3v) is 2.70. The number of rotatable bonds is 6. The van der Waals surface area contributed by atoms with Crippen molar-refractivity contribution in [2.24, 2.45) is 0 Å². The fourth-order valence-corrected chi connectivity index (χ4v) is 1.77. The molecule has 0 aliphatic rings. The number of carbonyl (C=O) groups is 2. The molecule has 1 rings (SSSR count). The van der Waals surface area contributed by atoms with E-state index in [9.17, 15) is 9.59 Å². The number of carboxylic acid groups (broad SMARTS) is 1. The molecule has 0 radical (unpaired) electrons. The molecule has 0 aromatic heterocycles. The second-order valence-corrected chi connectivity index (χ2v) is 4.55. The van der Waals surface area contributed by atoms with Crippen LogP contribution in [0.15, 0.2) is 24.3 Å². The summed E-state index contributed by atoms with van der Waals surface area (Å²) in [7, 11) is 0. The highest BCUT2D eigenvalue weighted by Crippen LogP contribution is 2.09. The maximum absolute atomic E-state index is 11.7. The molecule has 0 saturated heterocycles. The summed E-state index contributed by atoms with van der Waals surface area (Å²) in [6, 6.07) is 6.70. The second-order valence-electron chi connectivity index (χ2n) is 4.55. The molecule has 104 valence electrons. The molecule has 0 aliphatic carbocycles. The van der Waals surface area contributed by atoms with Gasteiger partial charge in [-0.1, -0.05) is 31.0 Å². The molecule has 5 heteroatoms. The van der Waals surface area contributed by atoms with Gasteiger partial charge in [-0.2, -0.15) is 0 Å². The average molecular weight is 264 g/mol. The molecular weight excluding hydrogens is 244 g/mol. The van der Waals surface area contributed by atoms with E-state index in [0.717, 1.165) is 12.0 Å². The Morgan fingerprint density at radius 3 is 2.42 bits per heavy atom.